The van der Waals surface area contributed by atoms with Gasteiger partial charge in [0.25, 0.3) is 0 Å². The van der Waals surface area contributed by atoms with Gasteiger partial charge in [-0.1, -0.05) is 12.1 Å². The Kier molecular flexibility index (Phi) is 2.76. The third-order valence-corrected chi connectivity index (χ3v) is 4.89. The highest BCUT2D eigenvalue weighted by atomic mass is 32.2. The van der Waals surface area contributed by atoms with E-state index in [2.05, 4.69) is 40.1 Å². The van der Waals surface area contributed by atoms with E-state index in [0.717, 1.165) is 5.69 Å². The highest BCUT2D eigenvalue weighted by Gasteiger charge is 2.13. The van der Waals surface area contributed by atoms with Crippen LogP contribution in [0.15, 0.2) is 53.8 Å². The van der Waals surface area contributed by atoms with Gasteiger partial charge in [-0.15, -0.1) is 23.5 Å². The van der Waals surface area contributed by atoms with Crippen molar-refractivity contribution in [2.75, 3.05) is 0 Å². The van der Waals surface area contributed by atoms with E-state index < -0.39 is 0 Å². The van der Waals surface area contributed by atoms with E-state index in [1.807, 2.05) is 40.6 Å². The number of imidazole rings is 1. The summed E-state index contributed by atoms with van der Waals surface area (Å²) < 4.78 is 2.54. The fourth-order valence-electron chi connectivity index (χ4n) is 1.61. The lowest BCUT2D eigenvalue weighted by molar-refractivity contribution is 1.05. The van der Waals surface area contributed by atoms with Gasteiger partial charge in [0.1, 0.15) is 0 Å². The van der Waals surface area contributed by atoms with Crippen molar-refractivity contribution < 1.29 is 0 Å². The number of benzene rings is 1. The average molecular weight is 246 g/mol. The summed E-state index contributed by atoms with van der Waals surface area (Å²) in [6.45, 7) is 0. The van der Waals surface area contributed by atoms with Gasteiger partial charge < -0.3 is 4.57 Å². The van der Waals surface area contributed by atoms with Gasteiger partial charge in [-0.05, 0) is 28.5 Å². The Morgan fingerprint density at radius 1 is 1.06 bits per heavy atom. The molecule has 80 valence electrons. The standard InChI is InChI=1S/C12H10N2S2/c1-3-11(14-6-5-13-9-14)4-2-10(1)12-15-7-8-16-12/h1-9,12H. The summed E-state index contributed by atoms with van der Waals surface area (Å²) in [6, 6.07) is 8.65. The monoisotopic (exact) mass is 246 g/mol. The Bertz CT molecular complexity index is 480. The maximum atomic E-state index is 4.04. The van der Waals surface area contributed by atoms with Crippen molar-refractivity contribution >= 4 is 23.5 Å². The molecule has 0 radical (unpaired) electrons. The average Bonchev–Trinajstić information content (AvgIpc) is 3.03. The van der Waals surface area contributed by atoms with E-state index in [4.69, 9.17) is 0 Å². The summed E-state index contributed by atoms with van der Waals surface area (Å²) in [6.07, 6.45) is 5.56. The van der Waals surface area contributed by atoms with Gasteiger partial charge in [0.05, 0.1) is 10.9 Å². The van der Waals surface area contributed by atoms with Crippen LogP contribution in [-0.2, 0) is 0 Å². The van der Waals surface area contributed by atoms with E-state index in [9.17, 15) is 0 Å². The highest BCUT2D eigenvalue weighted by molar-refractivity contribution is 8.21. The Balaban J connectivity index is 1.85. The number of thioether (sulfide) groups is 2. The lowest BCUT2D eigenvalue weighted by Crippen LogP contribution is -1.91. The molecule has 1 aromatic carbocycles. The Morgan fingerprint density at radius 3 is 2.44 bits per heavy atom. The molecule has 2 aromatic rings. The zero-order valence-electron chi connectivity index (χ0n) is 8.48. The van der Waals surface area contributed by atoms with Gasteiger partial charge in [0, 0.05) is 18.1 Å². The van der Waals surface area contributed by atoms with E-state index in [-0.39, 0.29) is 0 Å². The lowest BCUT2D eigenvalue weighted by atomic mass is 10.2. The predicted molar refractivity (Wildman–Crippen MR) is 70.6 cm³/mol. The molecule has 1 aliphatic heterocycles. The second kappa shape index (κ2) is 4.39. The number of hydrogen-bond acceptors (Lipinski definition) is 3. The Hall–Kier alpha value is -1.13. The third-order valence-electron chi connectivity index (χ3n) is 2.43. The summed E-state index contributed by atoms with van der Waals surface area (Å²) in [4.78, 5) is 4.04. The molecule has 2 nitrogen and oxygen atoms in total. The van der Waals surface area contributed by atoms with E-state index in [0.29, 0.717) is 4.58 Å². The van der Waals surface area contributed by atoms with Crippen molar-refractivity contribution in [1.82, 2.24) is 9.55 Å². The number of rotatable bonds is 2. The van der Waals surface area contributed by atoms with Gasteiger partial charge in [-0.2, -0.15) is 0 Å². The normalized spacial score (nSPS) is 15.8. The Morgan fingerprint density at radius 2 is 1.81 bits per heavy atom. The third kappa shape index (κ3) is 1.90. The van der Waals surface area contributed by atoms with Crippen LogP contribution in [0.2, 0.25) is 0 Å². The minimum Gasteiger partial charge on any atom is -0.306 e. The number of hydrogen-bond donors (Lipinski definition) is 0. The van der Waals surface area contributed by atoms with Crippen LogP contribution in [0.1, 0.15) is 10.1 Å². The lowest BCUT2D eigenvalue weighted by Gasteiger charge is -2.09. The van der Waals surface area contributed by atoms with Gasteiger partial charge >= 0.3 is 0 Å². The van der Waals surface area contributed by atoms with Crippen LogP contribution < -0.4 is 0 Å². The zero-order valence-corrected chi connectivity index (χ0v) is 10.1. The molecular formula is C12H10N2S2. The first-order valence-electron chi connectivity index (χ1n) is 4.98. The van der Waals surface area contributed by atoms with Crippen LogP contribution in [0.4, 0.5) is 0 Å². The van der Waals surface area contributed by atoms with Crippen molar-refractivity contribution in [2.45, 2.75) is 4.58 Å². The molecule has 0 N–H and O–H groups in total. The molecule has 1 aromatic heterocycles. The minimum atomic E-state index is 0.525. The maximum Gasteiger partial charge on any atom is 0.0991 e. The Labute approximate surface area is 103 Å². The molecule has 3 rings (SSSR count). The van der Waals surface area contributed by atoms with Crippen LogP contribution >= 0.6 is 23.5 Å². The summed E-state index contributed by atoms with van der Waals surface area (Å²) in [5, 5.41) is 4.30. The van der Waals surface area contributed by atoms with Gasteiger partial charge in [0.15, 0.2) is 0 Å². The zero-order chi connectivity index (χ0) is 10.8. The topological polar surface area (TPSA) is 17.8 Å². The molecule has 0 spiro atoms. The van der Waals surface area contributed by atoms with Gasteiger partial charge in [0.2, 0.25) is 0 Å². The van der Waals surface area contributed by atoms with Gasteiger partial charge in [-0.25, -0.2) is 4.98 Å². The molecule has 0 bridgehead atoms. The van der Waals surface area contributed by atoms with Crippen molar-refractivity contribution in [3.05, 3.63) is 59.4 Å². The second-order valence-electron chi connectivity index (χ2n) is 3.44. The molecule has 4 heteroatoms. The number of aromatic nitrogens is 2. The summed E-state index contributed by atoms with van der Waals surface area (Å²) in [5.74, 6) is 0. The van der Waals surface area contributed by atoms with Crippen LogP contribution in [0.5, 0.6) is 0 Å². The molecule has 0 unspecified atom stereocenters. The van der Waals surface area contributed by atoms with Crippen molar-refractivity contribution in [2.24, 2.45) is 0 Å². The van der Waals surface area contributed by atoms with Crippen LogP contribution in [0.3, 0.4) is 0 Å². The smallest absolute Gasteiger partial charge is 0.0991 e. The maximum absolute atomic E-state index is 4.04. The van der Waals surface area contributed by atoms with Gasteiger partial charge in [-0.3, -0.25) is 0 Å². The molecular weight excluding hydrogens is 236 g/mol. The van der Waals surface area contributed by atoms with E-state index >= 15 is 0 Å². The van der Waals surface area contributed by atoms with E-state index in [1.165, 1.54) is 5.56 Å². The summed E-state index contributed by atoms with van der Waals surface area (Å²) in [7, 11) is 0. The first-order valence-corrected chi connectivity index (χ1v) is 6.86. The van der Waals surface area contributed by atoms with Crippen molar-refractivity contribution in [3.8, 4) is 5.69 Å². The SMILES string of the molecule is C1=CSC(c2ccc(-n3ccnc3)cc2)S1. The van der Waals surface area contributed by atoms with Crippen molar-refractivity contribution in [3.63, 3.8) is 0 Å². The largest absolute Gasteiger partial charge is 0.306 e. The summed E-state index contributed by atoms with van der Waals surface area (Å²) >= 11 is 3.72. The molecule has 0 amide bonds. The predicted octanol–water partition coefficient (Wildman–Crippen LogP) is 3.82. The fourth-order valence-corrected chi connectivity index (χ4v) is 3.68. The van der Waals surface area contributed by atoms with Crippen molar-refractivity contribution in [1.29, 1.82) is 0 Å². The minimum absolute atomic E-state index is 0.525. The molecule has 1 aliphatic rings. The quantitative estimate of drug-likeness (QED) is 0.802. The molecule has 0 atom stereocenters. The van der Waals surface area contributed by atoms with Crippen LogP contribution in [0.25, 0.3) is 5.69 Å². The second-order valence-corrected chi connectivity index (χ2v) is 5.77. The number of nitrogens with zero attached hydrogens (tertiary/aromatic N) is 2. The van der Waals surface area contributed by atoms with E-state index in [1.54, 1.807) is 6.20 Å². The summed E-state index contributed by atoms with van der Waals surface area (Å²) in [5.41, 5.74) is 2.52. The first kappa shape index (κ1) is 10.1. The first-order chi connectivity index (χ1) is 7.93. The van der Waals surface area contributed by atoms with Crippen LogP contribution in [-0.4, -0.2) is 9.55 Å². The molecule has 0 aliphatic carbocycles. The molecule has 0 fully saturated rings. The highest BCUT2D eigenvalue weighted by Crippen LogP contribution is 2.46. The molecule has 0 saturated heterocycles. The molecule has 2 heterocycles. The fraction of sp³-hybridized carbons (Fsp3) is 0.0833. The molecule has 16 heavy (non-hydrogen) atoms. The van der Waals surface area contributed by atoms with Crippen LogP contribution in [0, 0.1) is 0 Å². The molecule has 0 saturated carbocycles.